The van der Waals surface area contributed by atoms with E-state index in [1.165, 1.54) is 16.8 Å². The van der Waals surface area contributed by atoms with E-state index in [1.54, 1.807) is 0 Å². The second-order valence-corrected chi connectivity index (χ2v) is 7.83. The summed E-state index contributed by atoms with van der Waals surface area (Å²) in [5, 5.41) is 10.4. The van der Waals surface area contributed by atoms with E-state index in [4.69, 9.17) is 4.74 Å². The minimum absolute atomic E-state index is 0.0787. The average molecular weight is 378 g/mol. The summed E-state index contributed by atoms with van der Waals surface area (Å²) in [6, 6.07) is 10.1. The lowest BCUT2D eigenvalue weighted by Gasteiger charge is -2.13. The Morgan fingerprint density at radius 2 is 2.11 bits per heavy atom. The van der Waals surface area contributed by atoms with E-state index in [2.05, 4.69) is 29.0 Å². The summed E-state index contributed by atoms with van der Waals surface area (Å²) in [5.74, 6) is 0.141. The highest BCUT2D eigenvalue weighted by Crippen LogP contribution is 2.39. The number of H-pyrrole nitrogens is 1. The van der Waals surface area contributed by atoms with Crippen LogP contribution in [0.15, 0.2) is 30.3 Å². The predicted molar refractivity (Wildman–Crippen MR) is 109 cm³/mol. The molecule has 1 atom stereocenters. The molecule has 0 bridgehead atoms. The number of aromatic nitrogens is 2. The number of carboxylic acids is 1. The Balaban J connectivity index is 1.60. The number of hydrogen-bond donors (Lipinski definition) is 2. The fourth-order valence-corrected chi connectivity index (χ4v) is 4.42. The Bertz CT molecular complexity index is 1000. The molecule has 1 unspecified atom stereocenters. The van der Waals surface area contributed by atoms with Crippen molar-refractivity contribution in [3.05, 3.63) is 58.5 Å². The van der Waals surface area contributed by atoms with E-state index < -0.39 is 5.97 Å². The summed E-state index contributed by atoms with van der Waals surface area (Å²) in [4.78, 5) is 19.4. The molecule has 1 aromatic carbocycles. The van der Waals surface area contributed by atoms with Gasteiger partial charge in [0.15, 0.2) is 0 Å². The van der Waals surface area contributed by atoms with Crippen LogP contribution in [0.3, 0.4) is 0 Å². The number of pyridine rings is 1. The van der Waals surface area contributed by atoms with Gasteiger partial charge in [0.25, 0.3) is 0 Å². The number of aromatic amines is 1. The van der Waals surface area contributed by atoms with Gasteiger partial charge in [-0.05, 0) is 74.4 Å². The highest BCUT2D eigenvalue weighted by atomic mass is 16.5. The number of benzene rings is 1. The molecule has 2 N–H and O–H groups in total. The van der Waals surface area contributed by atoms with Gasteiger partial charge in [0.1, 0.15) is 12.4 Å². The summed E-state index contributed by atoms with van der Waals surface area (Å²) in [6.07, 6.45) is 4.27. The van der Waals surface area contributed by atoms with Crippen LogP contribution >= 0.6 is 0 Å². The first-order valence-corrected chi connectivity index (χ1v) is 9.93. The highest BCUT2D eigenvalue weighted by Gasteiger charge is 2.25. The number of nitrogens with zero attached hydrogens (tertiary/aromatic N) is 1. The fraction of sp³-hybridized carbons (Fsp3) is 0.391. The van der Waals surface area contributed by atoms with Crippen molar-refractivity contribution < 1.29 is 14.6 Å². The van der Waals surface area contributed by atoms with Gasteiger partial charge in [0.05, 0.1) is 12.1 Å². The molecule has 0 aliphatic heterocycles. The highest BCUT2D eigenvalue weighted by molar-refractivity contribution is 5.87. The van der Waals surface area contributed by atoms with Gasteiger partial charge in [-0.15, -0.1) is 0 Å². The molecular weight excluding hydrogens is 352 g/mol. The Morgan fingerprint density at radius 1 is 1.25 bits per heavy atom. The van der Waals surface area contributed by atoms with Crippen LogP contribution in [0, 0.1) is 13.8 Å². The molecule has 0 saturated carbocycles. The van der Waals surface area contributed by atoms with Crippen molar-refractivity contribution in [3.63, 3.8) is 0 Å². The van der Waals surface area contributed by atoms with E-state index in [0.29, 0.717) is 6.61 Å². The molecule has 2 aromatic heterocycles. The Hall–Kier alpha value is -2.82. The lowest BCUT2D eigenvalue weighted by atomic mass is 9.90. The van der Waals surface area contributed by atoms with Crippen LogP contribution in [-0.2, 0) is 17.8 Å². The second kappa shape index (κ2) is 7.66. The molecule has 5 nitrogen and oxygen atoms in total. The Kier molecular flexibility index (Phi) is 5.07. The van der Waals surface area contributed by atoms with Gasteiger partial charge in [-0.2, -0.15) is 0 Å². The van der Waals surface area contributed by atoms with Gasteiger partial charge in [-0.25, -0.2) is 0 Å². The van der Waals surface area contributed by atoms with Gasteiger partial charge in [0, 0.05) is 28.4 Å². The molecule has 0 amide bonds. The van der Waals surface area contributed by atoms with Crippen molar-refractivity contribution in [2.24, 2.45) is 0 Å². The molecule has 0 radical (unpaired) electrons. The number of nitrogens with one attached hydrogen (secondary N) is 1. The zero-order valence-corrected chi connectivity index (χ0v) is 16.4. The van der Waals surface area contributed by atoms with Gasteiger partial charge in [0.2, 0.25) is 0 Å². The maximum Gasteiger partial charge on any atom is 0.303 e. The number of aliphatic carboxylic acids is 1. The van der Waals surface area contributed by atoms with E-state index in [1.807, 2.05) is 25.1 Å². The van der Waals surface area contributed by atoms with Crippen molar-refractivity contribution in [2.45, 2.75) is 58.5 Å². The zero-order chi connectivity index (χ0) is 19.7. The normalized spacial score (nSPS) is 16.6. The summed E-state index contributed by atoms with van der Waals surface area (Å²) < 4.78 is 5.98. The van der Waals surface area contributed by atoms with Crippen molar-refractivity contribution in [3.8, 4) is 5.75 Å². The van der Waals surface area contributed by atoms with Crippen molar-refractivity contribution in [1.29, 1.82) is 0 Å². The van der Waals surface area contributed by atoms with Gasteiger partial charge >= 0.3 is 5.97 Å². The number of ether oxygens (including phenoxy) is 1. The molecule has 146 valence electrons. The molecule has 1 aliphatic rings. The first kappa shape index (κ1) is 18.5. The summed E-state index contributed by atoms with van der Waals surface area (Å²) >= 11 is 0. The maximum absolute atomic E-state index is 11.3. The third-order valence-electron chi connectivity index (χ3n) is 5.49. The maximum atomic E-state index is 11.3. The molecule has 0 fully saturated rings. The molecule has 5 heteroatoms. The SMILES string of the molecule is Cc1cc(C)nc(COc2ccc3c4c([nH]c3c2)CCCCC4CC(=O)O)c1. The van der Waals surface area contributed by atoms with Crippen LogP contribution in [0.25, 0.3) is 10.9 Å². The molecule has 3 aromatic rings. The summed E-state index contributed by atoms with van der Waals surface area (Å²) in [7, 11) is 0. The Labute approximate surface area is 164 Å². The second-order valence-electron chi connectivity index (χ2n) is 7.83. The molecule has 4 rings (SSSR count). The zero-order valence-electron chi connectivity index (χ0n) is 16.4. The number of fused-ring (bicyclic) bond motifs is 3. The number of rotatable bonds is 5. The van der Waals surface area contributed by atoms with Crippen molar-refractivity contribution in [2.75, 3.05) is 0 Å². The summed E-state index contributed by atoms with van der Waals surface area (Å²) in [5.41, 5.74) is 6.49. The first-order valence-electron chi connectivity index (χ1n) is 9.93. The van der Waals surface area contributed by atoms with Crippen LogP contribution in [0.2, 0.25) is 0 Å². The minimum atomic E-state index is -0.729. The molecule has 0 spiro atoms. The van der Waals surface area contributed by atoms with E-state index in [0.717, 1.165) is 53.7 Å². The standard InChI is InChI=1S/C23H26N2O3/c1-14-9-15(2)24-17(10-14)13-28-18-7-8-19-21(12-18)25-20-6-4-3-5-16(23(19)20)11-22(26)27/h7-10,12,16,25H,3-6,11,13H2,1-2H3,(H,26,27). The topological polar surface area (TPSA) is 75.2 Å². The van der Waals surface area contributed by atoms with Crippen molar-refractivity contribution in [1.82, 2.24) is 9.97 Å². The average Bonchev–Trinajstić information content (AvgIpc) is 2.88. The fourth-order valence-electron chi connectivity index (χ4n) is 4.42. The quantitative estimate of drug-likeness (QED) is 0.610. The third kappa shape index (κ3) is 3.88. The Morgan fingerprint density at radius 3 is 2.89 bits per heavy atom. The van der Waals surface area contributed by atoms with Gasteiger partial charge in [-0.3, -0.25) is 9.78 Å². The number of aryl methyl sites for hydroxylation is 3. The van der Waals surface area contributed by atoms with Crippen LogP contribution in [0.1, 0.15) is 59.8 Å². The lowest BCUT2D eigenvalue weighted by Crippen LogP contribution is -2.06. The minimum Gasteiger partial charge on any atom is -0.487 e. The van der Waals surface area contributed by atoms with Crippen LogP contribution in [0.4, 0.5) is 0 Å². The third-order valence-corrected chi connectivity index (χ3v) is 5.49. The summed E-state index contributed by atoms with van der Waals surface area (Å²) in [6.45, 7) is 4.47. The smallest absolute Gasteiger partial charge is 0.303 e. The largest absolute Gasteiger partial charge is 0.487 e. The molecular formula is C23H26N2O3. The van der Waals surface area contributed by atoms with E-state index in [-0.39, 0.29) is 12.3 Å². The van der Waals surface area contributed by atoms with Crippen molar-refractivity contribution >= 4 is 16.9 Å². The van der Waals surface area contributed by atoms with Crippen LogP contribution in [-0.4, -0.2) is 21.0 Å². The van der Waals surface area contributed by atoms with Gasteiger partial charge < -0.3 is 14.8 Å². The van der Waals surface area contributed by atoms with E-state index >= 15 is 0 Å². The monoisotopic (exact) mass is 378 g/mol. The molecule has 1 aliphatic carbocycles. The molecule has 0 saturated heterocycles. The van der Waals surface area contributed by atoms with Gasteiger partial charge in [-0.1, -0.05) is 6.42 Å². The van der Waals surface area contributed by atoms with E-state index in [9.17, 15) is 9.90 Å². The lowest BCUT2D eigenvalue weighted by molar-refractivity contribution is -0.137. The molecule has 2 heterocycles. The molecule has 28 heavy (non-hydrogen) atoms. The number of carbonyl (C=O) groups is 1. The number of hydrogen-bond acceptors (Lipinski definition) is 3. The number of carboxylic acid groups (broad SMARTS) is 1. The van der Waals surface area contributed by atoms with Crippen LogP contribution in [0.5, 0.6) is 5.75 Å². The van der Waals surface area contributed by atoms with Crippen LogP contribution < -0.4 is 4.74 Å². The first-order chi connectivity index (χ1) is 13.5. The predicted octanol–water partition coefficient (Wildman–Crippen LogP) is 5.04.